The number of benzene rings is 1. The van der Waals surface area contributed by atoms with E-state index < -0.39 is 0 Å². The lowest BCUT2D eigenvalue weighted by atomic mass is 10.2. The SMILES string of the molecule is Cc1nnc(CN=C(NCCOCc2ccccc2)NC2CCCC2)n1C. The molecular weight excluding hydrogens is 340 g/mol. The predicted molar refractivity (Wildman–Crippen MR) is 106 cm³/mol. The Morgan fingerprint density at radius 2 is 2.00 bits per heavy atom. The molecule has 1 aliphatic rings. The van der Waals surface area contributed by atoms with Gasteiger partial charge in [-0.15, -0.1) is 10.2 Å². The number of ether oxygens (including phenoxy) is 1. The summed E-state index contributed by atoms with van der Waals surface area (Å²) >= 11 is 0. The highest BCUT2D eigenvalue weighted by Crippen LogP contribution is 2.17. The third-order valence-corrected chi connectivity index (χ3v) is 4.91. The predicted octanol–water partition coefficient (Wildman–Crippen LogP) is 2.32. The van der Waals surface area contributed by atoms with Crippen molar-refractivity contribution in [1.82, 2.24) is 25.4 Å². The number of aromatic nitrogens is 3. The Balaban J connectivity index is 1.48. The van der Waals surface area contributed by atoms with Crippen LogP contribution in [0.5, 0.6) is 0 Å². The molecule has 1 saturated carbocycles. The van der Waals surface area contributed by atoms with Crippen molar-refractivity contribution in [3.05, 3.63) is 47.5 Å². The van der Waals surface area contributed by atoms with E-state index in [1.807, 2.05) is 36.7 Å². The summed E-state index contributed by atoms with van der Waals surface area (Å²) in [5, 5.41) is 15.2. The summed E-state index contributed by atoms with van der Waals surface area (Å²) in [4.78, 5) is 4.70. The summed E-state index contributed by atoms with van der Waals surface area (Å²) in [6.45, 7) is 4.42. The van der Waals surface area contributed by atoms with Crippen LogP contribution in [0.4, 0.5) is 0 Å². The van der Waals surface area contributed by atoms with Gasteiger partial charge in [0.1, 0.15) is 12.4 Å². The lowest BCUT2D eigenvalue weighted by Crippen LogP contribution is -2.43. The molecule has 0 unspecified atom stereocenters. The zero-order valence-corrected chi connectivity index (χ0v) is 16.3. The van der Waals surface area contributed by atoms with Crippen LogP contribution in [-0.4, -0.2) is 39.9 Å². The first-order valence-electron chi connectivity index (χ1n) is 9.74. The first kappa shape index (κ1) is 19.4. The second-order valence-electron chi connectivity index (χ2n) is 6.98. The van der Waals surface area contributed by atoms with E-state index in [9.17, 15) is 0 Å². The van der Waals surface area contributed by atoms with Crippen LogP contribution in [0.15, 0.2) is 35.3 Å². The monoisotopic (exact) mass is 370 g/mol. The van der Waals surface area contributed by atoms with Crippen molar-refractivity contribution in [2.75, 3.05) is 13.2 Å². The van der Waals surface area contributed by atoms with Gasteiger partial charge in [-0.25, -0.2) is 4.99 Å². The highest BCUT2D eigenvalue weighted by molar-refractivity contribution is 5.80. The van der Waals surface area contributed by atoms with E-state index in [1.165, 1.54) is 31.2 Å². The highest BCUT2D eigenvalue weighted by atomic mass is 16.5. The fourth-order valence-corrected chi connectivity index (χ4v) is 3.16. The Labute approximate surface area is 161 Å². The molecule has 0 radical (unpaired) electrons. The summed E-state index contributed by atoms with van der Waals surface area (Å²) in [5.74, 6) is 2.58. The minimum absolute atomic E-state index is 0.503. The number of hydrogen-bond acceptors (Lipinski definition) is 4. The van der Waals surface area contributed by atoms with Gasteiger partial charge >= 0.3 is 0 Å². The van der Waals surface area contributed by atoms with Crippen LogP contribution in [0, 0.1) is 6.92 Å². The Hall–Kier alpha value is -2.41. The molecule has 0 spiro atoms. The molecular formula is C20H30N6O. The summed E-state index contributed by atoms with van der Waals surface area (Å²) in [6, 6.07) is 10.7. The maximum atomic E-state index is 5.75. The molecule has 1 aromatic carbocycles. The minimum Gasteiger partial charge on any atom is -0.375 e. The second-order valence-corrected chi connectivity index (χ2v) is 6.98. The van der Waals surface area contributed by atoms with E-state index in [2.05, 4.69) is 33.0 Å². The molecule has 0 saturated heterocycles. The molecule has 0 bridgehead atoms. The highest BCUT2D eigenvalue weighted by Gasteiger charge is 2.16. The van der Waals surface area contributed by atoms with Crippen molar-refractivity contribution < 1.29 is 4.74 Å². The van der Waals surface area contributed by atoms with Gasteiger partial charge in [-0.2, -0.15) is 0 Å². The van der Waals surface area contributed by atoms with E-state index in [-0.39, 0.29) is 0 Å². The van der Waals surface area contributed by atoms with E-state index in [4.69, 9.17) is 9.73 Å². The van der Waals surface area contributed by atoms with Gasteiger partial charge in [-0.3, -0.25) is 0 Å². The van der Waals surface area contributed by atoms with Crippen molar-refractivity contribution in [3.63, 3.8) is 0 Å². The van der Waals surface area contributed by atoms with E-state index in [1.54, 1.807) is 0 Å². The first-order valence-corrected chi connectivity index (χ1v) is 9.74. The van der Waals surface area contributed by atoms with Crippen LogP contribution in [0.25, 0.3) is 0 Å². The largest absolute Gasteiger partial charge is 0.375 e. The Morgan fingerprint density at radius 1 is 1.22 bits per heavy atom. The molecule has 2 aromatic rings. The van der Waals surface area contributed by atoms with E-state index in [0.29, 0.717) is 32.3 Å². The molecule has 0 aliphatic heterocycles. The summed E-state index contributed by atoms with van der Waals surface area (Å²) in [6.07, 6.45) is 4.98. The molecule has 146 valence electrons. The molecule has 27 heavy (non-hydrogen) atoms. The van der Waals surface area contributed by atoms with Gasteiger partial charge in [-0.05, 0) is 25.3 Å². The standard InChI is InChI=1S/C20H30N6O/c1-16-24-25-19(26(16)2)14-22-20(23-18-10-6-7-11-18)21-12-13-27-15-17-8-4-3-5-9-17/h3-5,8-9,18H,6-7,10-15H2,1-2H3,(H2,21,22,23). The Kier molecular flexibility index (Phi) is 7.21. The summed E-state index contributed by atoms with van der Waals surface area (Å²) < 4.78 is 7.73. The van der Waals surface area contributed by atoms with Gasteiger partial charge in [-0.1, -0.05) is 43.2 Å². The van der Waals surface area contributed by atoms with Crippen LogP contribution in [0.2, 0.25) is 0 Å². The minimum atomic E-state index is 0.503. The fourth-order valence-electron chi connectivity index (χ4n) is 3.16. The van der Waals surface area contributed by atoms with Crippen LogP contribution in [-0.2, 0) is 24.9 Å². The zero-order chi connectivity index (χ0) is 18.9. The van der Waals surface area contributed by atoms with Crippen LogP contribution in [0.3, 0.4) is 0 Å². The van der Waals surface area contributed by atoms with E-state index in [0.717, 1.165) is 17.6 Å². The average molecular weight is 371 g/mol. The maximum Gasteiger partial charge on any atom is 0.192 e. The molecule has 0 amide bonds. The van der Waals surface area contributed by atoms with Crippen molar-refractivity contribution in [2.24, 2.45) is 12.0 Å². The van der Waals surface area contributed by atoms with Gasteiger partial charge in [0.25, 0.3) is 0 Å². The van der Waals surface area contributed by atoms with Gasteiger partial charge in [0, 0.05) is 19.6 Å². The number of aryl methyl sites for hydroxylation is 1. The zero-order valence-electron chi connectivity index (χ0n) is 16.3. The third kappa shape index (κ3) is 6.06. The quantitative estimate of drug-likeness (QED) is 0.424. The Morgan fingerprint density at radius 3 is 2.70 bits per heavy atom. The van der Waals surface area contributed by atoms with E-state index >= 15 is 0 Å². The third-order valence-electron chi connectivity index (χ3n) is 4.91. The number of hydrogen-bond donors (Lipinski definition) is 2. The van der Waals surface area contributed by atoms with Crippen molar-refractivity contribution in [2.45, 2.75) is 51.8 Å². The van der Waals surface area contributed by atoms with Crippen LogP contribution >= 0.6 is 0 Å². The smallest absolute Gasteiger partial charge is 0.192 e. The van der Waals surface area contributed by atoms with Crippen molar-refractivity contribution in [1.29, 1.82) is 0 Å². The topological polar surface area (TPSA) is 76.4 Å². The van der Waals surface area contributed by atoms with Crippen LogP contribution in [0.1, 0.15) is 42.9 Å². The molecule has 7 nitrogen and oxygen atoms in total. The molecule has 0 atom stereocenters. The van der Waals surface area contributed by atoms with Crippen molar-refractivity contribution >= 4 is 5.96 Å². The number of nitrogens with one attached hydrogen (secondary N) is 2. The normalized spacial score (nSPS) is 15.3. The lowest BCUT2D eigenvalue weighted by Gasteiger charge is -2.17. The Bertz CT molecular complexity index is 721. The fraction of sp³-hybridized carbons (Fsp3) is 0.550. The molecule has 7 heteroatoms. The van der Waals surface area contributed by atoms with Gasteiger partial charge in [0.05, 0.1) is 13.2 Å². The second kappa shape index (κ2) is 10.1. The lowest BCUT2D eigenvalue weighted by molar-refractivity contribution is 0.125. The van der Waals surface area contributed by atoms with Crippen molar-refractivity contribution in [3.8, 4) is 0 Å². The average Bonchev–Trinajstić information content (AvgIpc) is 3.31. The maximum absolute atomic E-state index is 5.75. The molecule has 1 aliphatic carbocycles. The number of rotatable bonds is 8. The van der Waals surface area contributed by atoms with Gasteiger partial charge in [0.2, 0.25) is 0 Å². The summed E-state index contributed by atoms with van der Waals surface area (Å²) in [7, 11) is 1.97. The molecule has 1 heterocycles. The number of aliphatic imine (C=N–C) groups is 1. The number of nitrogens with zero attached hydrogens (tertiary/aromatic N) is 4. The molecule has 1 aromatic heterocycles. The van der Waals surface area contributed by atoms with Gasteiger partial charge < -0.3 is 19.9 Å². The molecule has 2 N–H and O–H groups in total. The summed E-state index contributed by atoms with van der Waals surface area (Å²) in [5.41, 5.74) is 1.19. The van der Waals surface area contributed by atoms with Crippen LogP contribution < -0.4 is 10.6 Å². The first-order chi connectivity index (χ1) is 13.2. The van der Waals surface area contributed by atoms with Gasteiger partial charge in [0.15, 0.2) is 11.8 Å². The molecule has 3 rings (SSSR count). The molecule has 1 fully saturated rings. The number of guanidine groups is 1.